The van der Waals surface area contributed by atoms with Crippen LogP contribution in [0.4, 0.5) is 18.9 Å². The summed E-state index contributed by atoms with van der Waals surface area (Å²) < 4.78 is 37.5. The molecule has 0 saturated carbocycles. The van der Waals surface area contributed by atoms with E-state index in [9.17, 15) is 18.0 Å². The first-order valence-corrected chi connectivity index (χ1v) is 6.94. The molecule has 1 aromatic heterocycles. The van der Waals surface area contributed by atoms with Gasteiger partial charge in [0.25, 0.3) is 0 Å². The highest BCUT2D eigenvalue weighted by Gasteiger charge is 2.30. The normalized spacial score (nSPS) is 11.4. The third-order valence-electron chi connectivity index (χ3n) is 2.65. The van der Waals surface area contributed by atoms with Gasteiger partial charge < -0.3 is 10.4 Å². The molecule has 0 fully saturated rings. The predicted molar refractivity (Wildman–Crippen MR) is 75.1 cm³/mol. The van der Waals surface area contributed by atoms with Gasteiger partial charge in [-0.3, -0.25) is 0 Å². The van der Waals surface area contributed by atoms with E-state index in [4.69, 9.17) is 16.7 Å². The summed E-state index contributed by atoms with van der Waals surface area (Å²) in [6.45, 7) is 0.281. The van der Waals surface area contributed by atoms with Crippen LogP contribution in [-0.4, -0.2) is 11.1 Å². The standard InChI is InChI=1S/C13H9ClF3NO2S/c14-10-4-8(13(15,16)17)1-2-11(10)18-5-9-3-7(6-21-9)12(19)20/h1-4,6,18H,5H2,(H,19,20). The molecule has 0 aliphatic carbocycles. The molecule has 1 aromatic carbocycles. The number of aromatic carboxylic acids is 1. The van der Waals surface area contributed by atoms with E-state index in [0.717, 1.165) is 17.0 Å². The summed E-state index contributed by atoms with van der Waals surface area (Å²) in [7, 11) is 0. The van der Waals surface area contributed by atoms with Gasteiger partial charge in [0.1, 0.15) is 0 Å². The Balaban J connectivity index is 2.08. The first-order chi connectivity index (χ1) is 9.77. The largest absolute Gasteiger partial charge is 0.478 e. The SMILES string of the molecule is O=C(O)c1csc(CNc2ccc(C(F)(F)F)cc2Cl)c1. The highest BCUT2D eigenvalue weighted by Crippen LogP contribution is 2.34. The van der Waals surface area contributed by atoms with Crippen LogP contribution in [0.25, 0.3) is 0 Å². The molecule has 1 heterocycles. The number of carbonyl (C=O) groups is 1. The zero-order valence-electron chi connectivity index (χ0n) is 10.4. The van der Waals surface area contributed by atoms with Crippen LogP contribution < -0.4 is 5.32 Å². The number of hydrogen-bond donors (Lipinski definition) is 2. The summed E-state index contributed by atoms with van der Waals surface area (Å²) in [4.78, 5) is 11.5. The maximum absolute atomic E-state index is 12.5. The van der Waals surface area contributed by atoms with Crippen LogP contribution in [0.1, 0.15) is 20.8 Å². The molecule has 2 rings (SSSR count). The molecular weight excluding hydrogens is 327 g/mol. The lowest BCUT2D eigenvalue weighted by molar-refractivity contribution is -0.137. The van der Waals surface area contributed by atoms with Crippen LogP contribution in [0.3, 0.4) is 0 Å². The first-order valence-electron chi connectivity index (χ1n) is 5.68. The van der Waals surface area contributed by atoms with Crippen molar-refractivity contribution in [3.8, 4) is 0 Å². The van der Waals surface area contributed by atoms with Crippen molar-refractivity contribution in [1.29, 1.82) is 0 Å². The molecule has 0 atom stereocenters. The average Bonchev–Trinajstić information content (AvgIpc) is 2.85. The van der Waals surface area contributed by atoms with Crippen LogP contribution in [0.2, 0.25) is 5.02 Å². The fourth-order valence-electron chi connectivity index (χ4n) is 1.60. The van der Waals surface area contributed by atoms with Gasteiger partial charge in [-0.05, 0) is 24.3 Å². The molecule has 2 aromatic rings. The summed E-state index contributed by atoms with van der Waals surface area (Å²) in [6, 6.07) is 4.53. The van der Waals surface area contributed by atoms with Crippen LogP contribution >= 0.6 is 22.9 Å². The van der Waals surface area contributed by atoms with E-state index in [1.54, 1.807) is 0 Å². The molecule has 0 unspecified atom stereocenters. The van der Waals surface area contributed by atoms with Crippen molar-refractivity contribution in [2.24, 2.45) is 0 Å². The van der Waals surface area contributed by atoms with Gasteiger partial charge in [-0.2, -0.15) is 13.2 Å². The van der Waals surface area contributed by atoms with Gasteiger partial charge in [0.2, 0.25) is 0 Å². The van der Waals surface area contributed by atoms with Crippen molar-refractivity contribution in [1.82, 2.24) is 0 Å². The number of alkyl halides is 3. The van der Waals surface area contributed by atoms with E-state index in [2.05, 4.69) is 5.32 Å². The molecule has 0 aliphatic heterocycles. The number of nitrogens with one attached hydrogen (secondary N) is 1. The minimum absolute atomic E-state index is 0.0418. The topological polar surface area (TPSA) is 49.3 Å². The lowest BCUT2D eigenvalue weighted by atomic mass is 10.2. The molecule has 0 radical (unpaired) electrons. The Morgan fingerprint density at radius 2 is 2.05 bits per heavy atom. The quantitative estimate of drug-likeness (QED) is 0.849. The second-order valence-electron chi connectivity index (χ2n) is 4.15. The molecule has 0 bridgehead atoms. The molecule has 2 N–H and O–H groups in total. The van der Waals surface area contributed by atoms with Gasteiger partial charge in [0.05, 0.1) is 21.8 Å². The minimum Gasteiger partial charge on any atom is -0.478 e. The fraction of sp³-hybridized carbons (Fsp3) is 0.154. The molecule has 8 heteroatoms. The number of rotatable bonds is 4. The van der Waals surface area contributed by atoms with E-state index in [-0.39, 0.29) is 17.1 Å². The number of halogens is 4. The molecule has 0 aliphatic rings. The van der Waals surface area contributed by atoms with E-state index >= 15 is 0 Å². The van der Waals surface area contributed by atoms with Crippen molar-refractivity contribution < 1.29 is 23.1 Å². The summed E-state index contributed by atoms with van der Waals surface area (Å²) in [5, 5.41) is 13.1. The van der Waals surface area contributed by atoms with Crippen LogP contribution in [0, 0.1) is 0 Å². The van der Waals surface area contributed by atoms with Gasteiger partial charge in [-0.25, -0.2) is 4.79 Å². The second-order valence-corrected chi connectivity index (χ2v) is 5.56. The Labute approximate surface area is 127 Å². The van der Waals surface area contributed by atoms with E-state index in [0.29, 0.717) is 5.69 Å². The van der Waals surface area contributed by atoms with Crippen molar-refractivity contribution in [3.63, 3.8) is 0 Å². The fourth-order valence-corrected chi connectivity index (χ4v) is 2.65. The summed E-state index contributed by atoms with van der Waals surface area (Å²) >= 11 is 7.05. The highest BCUT2D eigenvalue weighted by molar-refractivity contribution is 7.10. The minimum atomic E-state index is -4.44. The molecule has 21 heavy (non-hydrogen) atoms. The average molecular weight is 336 g/mol. The smallest absolute Gasteiger partial charge is 0.416 e. The summed E-state index contributed by atoms with van der Waals surface area (Å²) in [5.74, 6) is -1.02. The lowest BCUT2D eigenvalue weighted by Gasteiger charge is -2.11. The van der Waals surface area contributed by atoms with Crippen molar-refractivity contribution in [2.75, 3.05) is 5.32 Å². The van der Waals surface area contributed by atoms with Gasteiger partial charge >= 0.3 is 12.1 Å². The number of carboxylic acids is 1. The molecule has 0 spiro atoms. The third kappa shape index (κ3) is 3.89. The Hall–Kier alpha value is -1.73. The summed E-state index contributed by atoms with van der Waals surface area (Å²) in [5.41, 5.74) is -0.285. The molecular formula is C13H9ClF3NO2S. The zero-order chi connectivity index (χ0) is 15.6. The van der Waals surface area contributed by atoms with Crippen LogP contribution in [0.15, 0.2) is 29.6 Å². The number of anilines is 1. The number of benzene rings is 1. The van der Waals surface area contributed by atoms with Crippen LogP contribution in [0.5, 0.6) is 0 Å². The molecule has 0 amide bonds. The van der Waals surface area contributed by atoms with E-state index < -0.39 is 17.7 Å². The lowest BCUT2D eigenvalue weighted by Crippen LogP contribution is -2.06. The van der Waals surface area contributed by atoms with Gasteiger partial charge in [0.15, 0.2) is 0 Å². The number of thiophene rings is 1. The first kappa shape index (κ1) is 15.7. The van der Waals surface area contributed by atoms with E-state index in [1.807, 2.05) is 0 Å². The van der Waals surface area contributed by atoms with Crippen molar-refractivity contribution >= 4 is 34.6 Å². The van der Waals surface area contributed by atoms with Gasteiger partial charge in [0, 0.05) is 16.8 Å². The Morgan fingerprint density at radius 1 is 1.33 bits per heavy atom. The molecule has 112 valence electrons. The Morgan fingerprint density at radius 3 is 2.57 bits per heavy atom. The maximum Gasteiger partial charge on any atom is 0.416 e. The third-order valence-corrected chi connectivity index (χ3v) is 3.90. The Kier molecular flexibility index (Phi) is 4.43. The number of hydrogen-bond acceptors (Lipinski definition) is 3. The van der Waals surface area contributed by atoms with Crippen LogP contribution in [-0.2, 0) is 12.7 Å². The van der Waals surface area contributed by atoms with Crippen molar-refractivity contribution in [3.05, 3.63) is 50.7 Å². The van der Waals surface area contributed by atoms with Gasteiger partial charge in [-0.15, -0.1) is 11.3 Å². The highest BCUT2D eigenvalue weighted by atomic mass is 35.5. The monoisotopic (exact) mass is 335 g/mol. The summed E-state index contributed by atoms with van der Waals surface area (Å²) in [6.07, 6.45) is -4.44. The molecule has 3 nitrogen and oxygen atoms in total. The second kappa shape index (κ2) is 5.95. The predicted octanol–water partition coefficient (Wildman–Crippen LogP) is 4.73. The maximum atomic E-state index is 12.5. The number of carboxylic acid groups (broad SMARTS) is 1. The van der Waals surface area contributed by atoms with Crippen molar-refractivity contribution in [2.45, 2.75) is 12.7 Å². The van der Waals surface area contributed by atoms with Gasteiger partial charge in [-0.1, -0.05) is 11.6 Å². The van der Waals surface area contributed by atoms with E-state index in [1.165, 1.54) is 28.8 Å². The molecule has 0 saturated heterocycles. The zero-order valence-corrected chi connectivity index (χ0v) is 11.9. The Bertz CT molecular complexity index is 670.